The minimum Gasteiger partial charge on any atom is -0.466 e. The molecule has 0 N–H and O–H groups in total. The van der Waals surface area contributed by atoms with E-state index in [4.69, 9.17) is 17.0 Å². The number of hydrogen-bond donors (Lipinski definition) is 0. The van der Waals surface area contributed by atoms with E-state index in [1.54, 1.807) is 0 Å². The fraction of sp³-hybridized carbons (Fsp3) is 0.579. The smallest absolute Gasteiger partial charge is 0.293 e. The number of ether oxygens (including phenoxy) is 1. The first-order valence-corrected chi connectivity index (χ1v) is 10.5. The lowest BCUT2D eigenvalue weighted by Gasteiger charge is -2.29. The van der Waals surface area contributed by atoms with Crippen LogP contribution in [-0.4, -0.2) is 40.9 Å². The standard InChI is InChI=1S/C19H28N4OS2/c1-15(2)24-18-20-23(19(25)26-18)14-21(3)13-16-7-9-17(10-8-16)22-11-5-4-6-12-22/h7-10,15H,4-6,11-14H2,1-3H3. The molecule has 5 nitrogen and oxygen atoms in total. The van der Waals surface area contributed by atoms with Crippen LogP contribution in [0.3, 0.4) is 0 Å². The predicted octanol–water partition coefficient (Wildman–Crippen LogP) is 4.54. The Morgan fingerprint density at radius 1 is 1.19 bits per heavy atom. The van der Waals surface area contributed by atoms with Gasteiger partial charge in [-0.25, -0.2) is 4.68 Å². The number of nitrogens with zero attached hydrogens (tertiary/aromatic N) is 4. The minimum atomic E-state index is 0.111. The quantitative estimate of drug-likeness (QED) is 0.646. The molecule has 0 aliphatic carbocycles. The number of aromatic nitrogens is 2. The van der Waals surface area contributed by atoms with Gasteiger partial charge in [0, 0.05) is 25.3 Å². The Hall–Kier alpha value is -1.44. The van der Waals surface area contributed by atoms with Gasteiger partial charge in [-0.3, -0.25) is 4.90 Å². The first-order valence-electron chi connectivity index (χ1n) is 9.28. The molecular formula is C19H28N4OS2. The van der Waals surface area contributed by atoms with E-state index in [0.717, 1.165) is 10.5 Å². The van der Waals surface area contributed by atoms with Crippen LogP contribution in [0.4, 0.5) is 5.69 Å². The first kappa shape index (κ1) is 19.3. The second-order valence-electron chi connectivity index (χ2n) is 7.17. The van der Waals surface area contributed by atoms with Gasteiger partial charge in [-0.15, -0.1) is 5.10 Å². The third kappa shape index (κ3) is 5.28. The monoisotopic (exact) mass is 392 g/mol. The second kappa shape index (κ2) is 8.97. The average molecular weight is 393 g/mol. The summed E-state index contributed by atoms with van der Waals surface area (Å²) in [5.41, 5.74) is 2.64. The predicted molar refractivity (Wildman–Crippen MR) is 111 cm³/mol. The van der Waals surface area contributed by atoms with Gasteiger partial charge in [-0.05, 0) is 81.4 Å². The average Bonchev–Trinajstić information content (AvgIpc) is 2.94. The van der Waals surface area contributed by atoms with Crippen molar-refractivity contribution in [2.24, 2.45) is 0 Å². The maximum Gasteiger partial charge on any atom is 0.293 e. The summed E-state index contributed by atoms with van der Waals surface area (Å²) in [6, 6.07) is 8.96. The lowest BCUT2D eigenvalue weighted by molar-refractivity contribution is 0.218. The molecule has 26 heavy (non-hydrogen) atoms. The lowest BCUT2D eigenvalue weighted by Crippen LogP contribution is -2.29. The normalized spacial score (nSPS) is 15.0. The van der Waals surface area contributed by atoms with Crippen molar-refractivity contribution in [3.8, 4) is 5.19 Å². The van der Waals surface area contributed by atoms with Crippen LogP contribution in [0.5, 0.6) is 5.19 Å². The molecule has 0 saturated carbocycles. The van der Waals surface area contributed by atoms with Gasteiger partial charge in [0.25, 0.3) is 5.19 Å². The fourth-order valence-corrected chi connectivity index (χ4v) is 4.23. The van der Waals surface area contributed by atoms with Crippen LogP contribution in [0.2, 0.25) is 0 Å². The molecule has 1 aromatic carbocycles. The zero-order chi connectivity index (χ0) is 18.5. The van der Waals surface area contributed by atoms with Crippen molar-refractivity contribution < 1.29 is 4.74 Å². The molecule has 1 saturated heterocycles. The lowest BCUT2D eigenvalue weighted by atomic mass is 10.1. The van der Waals surface area contributed by atoms with Crippen molar-refractivity contribution in [1.82, 2.24) is 14.7 Å². The van der Waals surface area contributed by atoms with E-state index in [9.17, 15) is 0 Å². The number of piperidine rings is 1. The molecule has 1 aliphatic heterocycles. The molecule has 2 heterocycles. The Morgan fingerprint density at radius 3 is 2.54 bits per heavy atom. The molecule has 0 spiro atoms. The molecule has 1 aliphatic rings. The van der Waals surface area contributed by atoms with Crippen LogP contribution in [0.1, 0.15) is 38.7 Å². The molecule has 0 amide bonds. The van der Waals surface area contributed by atoms with Crippen LogP contribution >= 0.6 is 23.6 Å². The van der Waals surface area contributed by atoms with Crippen molar-refractivity contribution in [2.75, 3.05) is 25.0 Å². The van der Waals surface area contributed by atoms with Gasteiger partial charge < -0.3 is 9.64 Å². The van der Waals surface area contributed by atoms with Gasteiger partial charge in [-0.2, -0.15) is 0 Å². The first-order chi connectivity index (χ1) is 12.5. The number of anilines is 1. The van der Waals surface area contributed by atoms with Gasteiger partial charge in [0.15, 0.2) is 3.95 Å². The van der Waals surface area contributed by atoms with Crippen LogP contribution in [0.25, 0.3) is 0 Å². The third-order valence-corrected chi connectivity index (χ3v) is 5.61. The number of hydrogen-bond acceptors (Lipinski definition) is 6. The van der Waals surface area contributed by atoms with Gasteiger partial charge in [0.2, 0.25) is 0 Å². The highest BCUT2D eigenvalue weighted by Crippen LogP contribution is 2.21. The Kier molecular flexibility index (Phi) is 6.67. The zero-order valence-corrected chi connectivity index (χ0v) is 17.5. The molecule has 3 rings (SSSR count). The van der Waals surface area contributed by atoms with Gasteiger partial charge in [0.05, 0.1) is 12.8 Å². The summed E-state index contributed by atoms with van der Waals surface area (Å²) in [5.74, 6) is 0. The van der Waals surface area contributed by atoms with Crippen LogP contribution in [0, 0.1) is 3.95 Å². The van der Waals surface area contributed by atoms with E-state index in [-0.39, 0.29) is 6.10 Å². The van der Waals surface area contributed by atoms with Crippen LogP contribution in [0.15, 0.2) is 24.3 Å². The van der Waals surface area contributed by atoms with Crippen molar-refractivity contribution in [3.63, 3.8) is 0 Å². The maximum absolute atomic E-state index is 5.64. The highest BCUT2D eigenvalue weighted by molar-refractivity contribution is 7.73. The Labute approximate surface area is 165 Å². The van der Waals surface area contributed by atoms with Gasteiger partial charge >= 0.3 is 0 Å². The molecule has 0 atom stereocenters. The largest absolute Gasteiger partial charge is 0.466 e. The van der Waals surface area contributed by atoms with E-state index < -0.39 is 0 Å². The second-order valence-corrected chi connectivity index (χ2v) is 8.75. The van der Waals surface area contributed by atoms with Crippen molar-refractivity contribution in [3.05, 3.63) is 33.8 Å². The number of rotatable bonds is 7. The number of benzene rings is 1. The Balaban J connectivity index is 1.57. The molecule has 7 heteroatoms. The highest BCUT2D eigenvalue weighted by atomic mass is 32.1. The Morgan fingerprint density at radius 2 is 1.88 bits per heavy atom. The SMILES string of the molecule is CC(C)Oc1nn(CN(C)Cc2ccc(N3CCCCC3)cc2)c(=S)s1. The molecule has 1 fully saturated rings. The van der Waals surface area contributed by atoms with Gasteiger partial charge in [-0.1, -0.05) is 12.1 Å². The van der Waals surface area contributed by atoms with E-state index >= 15 is 0 Å². The van der Waals surface area contributed by atoms with E-state index in [2.05, 4.69) is 46.2 Å². The minimum absolute atomic E-state index is 0.111. The van der Waals surface area contributed by atoms with Crippen molar-refractivity contribution in [2.45, 2.75) is 52.4 Å². The van der Waals surface area contributed by atoms with E-state index in [1.807, 2.05) is 18.5 Å². The maximum atomic E-state index is 5.64. The summed E-state index contributed by atoms with van der Waals surface area (Å²) < 4.78 is 8.22. The fourth-order valence-electron chi connectivity index (χ4n) is 3.18. The van der Waals surface area contributed by atoms with Crippen molar-refractivity contribution in [1.29, 1.82) is 0 Å². The summed E-state index contributed by atoms with van der Waals surface area (Å²) in [7, 11) is 2.09. The molecular weight excluding hydrogens is 364 g/mol. The molecule has 0 bridgehead atoms. The van der Waals surface area contributed by atoms with E-state index in [1.165, 1.54) is 54.9 Å². The highest BCUT2D eigenvalue weighted by Gasteiger charge is 2.12. The molecule has 0 unspecified atom stereocenters. The summed E-state index contributed by atoms with van der Waals surface area (Å²) in [6.07, 6.45) is 4.09. The summed E-state index contributed by atoms with van der Waals surface area (Å²) in [4.78, 5) is 4.70. The molecule has 142 valence electrons. The van der Waals surface area contributed by atoms with Gasteiger partial charge in [0.1, 0.15) is 0 Å². The third-order valence-electron chi connectivity index (χ3n) is 4.41. The Bertz CT molecular complexity index is 748. The summed E-state index contributed by atoms with van der Waals surface area (Å²) in [5, 5.41) is 5.11. The summed E-state index contributed by atoms with van der Waals surface area (Å²) >= 11 is 6.83. The topological polar surface area (TPSA) is 33.5 Å². The van der Waals surface area contributed by atoms with Crippen LogP contribution in [-0.2, 0) is 13.2 Å². The molecule has 0 radical (unpaired) electrons. The molecule has 1 aromatic heterocycles. The summed E-state index contributed by atoms with van der Waals surface area (Å²) in [6.45, 7) is 7.87. The molecule has 2 aromatic rings. The zero-order valence-electron chi connectivity index (χ0n) is 15.9. The van der Waals surface area contributed by atoms with E-state index in [0.29, 0.717) is 11.9 Å². The van der Waals surface area contributed by atoms with Crippen LogP contribution < -0.4 is 9.64 Å². The van der Waals surface area contributed by atoms with Crippen molar-refractivity contribution >= 4 is 29.2 Å².